The number of halogens is 3. The molecule has 144 valence electrons. The molecule has 0 bridgehead atoms. The van der Waals surface area contributed by atoms with E-state index >= 15 is 0 Å². The molecule has 0 unspecified atom stereocenters. The summed E-state index contributed by atoms with van der Waals surface area (Å²) in [6.45, 7) is 2.04. The summed E-state index contributed by atoms with van der Waals surface area (Å²) in [4.78, 5) is 22.8. The Balaban J connectivity index is 2.65. The Kier molecular flexibility index (Phi) is 9.43. The van der Waals surface area contributed by atoms with Gasteiger partial charge in [-0.25, -0.2) is 4.79 Å². The van der Waals surface area contributed by atoms with Crippen LogP contribution in [0.4, 0.5) is 5.69 Å². The minimum Gasteiger partial charge on any atom is -0.478 e. The number of rotatable bonds is 8. The molecule has 0 aliphatic carbocycles. The molecule has 26 heavy (non-hydrogen) atoms. The SMILES string of the molecule is CCCCCC(=O)N[C@@H](NC(=S)Nc1ccc(C(=O)O)cc1)C(Cl)(Cl)Cl. The summed E-state index contributed by atoms with van der Waals surface area (Å²) in [6.07, 6.45) is 1.97. The number of benzene rings is 1. The van der Waals surface area contributed by atoms with Crippen molar-refractivity contribution in [2.24, 2.45) is 0 Å². The molecular weight excluding hydrogens is 421 g/mol. The molecule has 0 aromatic heterocycles. The van der Waals surface area contributed by atoms with E-state index in [9.17, 15) is 9.59 Å². The van der Waals surface area contributed by atoms with Crippen LogP contribution in [0.5, 0.6) is 0 Å². The van der Waals surface area contributed by atoms with Crippen LogP contribution in [0, 0.1) is 0 Å². The maximum atomic E-state index is 12.0. The number of carboxylic acid groups (broad SMARTS) is 1. The first kappa shape index (κ1) is 22.8. The van der Waals surface area contributed by atoms with Crippen molar-refractivity contribution in [3.05, 3.63) is 29.8 Å². The van der Waals surface area contributed by atoms with Crippen molar-refractivity contribution in [2.75, 3.05) is 5.32 Å². The molecule has 1 aromatic carbocycles. The molecule has 0 saturated heterocycles. The number of unbranched alkanes of at least 4 members (excludes halogenated alkanes) is 2. The average Bonchev–Trinajstić information content (AvgIpc) is 2.54. The van der Waals surface area contributed by atoms with Crippen molar-refractivity contribution >= 4 is 69.7 Å². The largest absolute Gasteiger partial charge is 0.478 e. The van der Waals surface area contributed by atoms with Gasteiger partial charge in [-0.05, 0) is 42.9 Å². The molecule has 4 N–H and O–H groups in total. The van der Waals surface area contributed by atoms with Crippen LogP contribution >= 0.6 is 47.0 Å². The number of nitrogens with one attached hydrogen (secondary N) is 3. The Morgan fingerprint density at radius 1 is 1.15 bits per heavy atom. The summed E-state index contributed by atoms with van der Waals surface area (Å²) in [7, 11) is 0. The number of amides is 1. The Morgan fingerprint density at radius 3 is 2.27 bits per heavy atom. The van der Waals surface area contributed by atoms with Crippen LogP contribution in [0.1, 0.15) is 43.0 Å². The van der Waals surface area contributed by atoms with Crippen molar-refractivity contribution < 1.29 is 14.7 Å². The van der Waals surface area contributed by atoms with Gasteiger partial charge in [0.15, 0.2) is 5.11 Å². The van der Waals surface area contributed by atoms with Gasteiger partial charge in [0.1, 0.15) is 6.17 Å². The highest BCUT2D eigenvalue weighted by Gasteiger charge is 2.34. The van der Waals surface area contributed by atoms with E-state index < -0.39 is 15.9 Å². The van der Waals surface area contributed by atoms with E-state index in [1.165, 1.54) is 12.1 Å². The summed E-state index contributed by atoms with van der Waals surface area (Å²) >= 11 is 22.9. The van der Waals surface area contributed by atoms with Crippen molar-refractivity contribution in [3.63, 3.8) is 0 Å². The van der Waals surface area contributed by atoms with Gasteiger partial charge in [0.2, 0.25) is 9.70 Å². The molecule has 0 radical (unpaired) electrons. The maximum absolute atomic E-state index is 12.0. The number of thiocarbonyl (C=S) groups is 1. The van der Waals surface area contributed by atoms with Gasteiger partial charge < -0.3 is 21.1 Å². The predicted molar refractivity (Wildman–Crippen MR) is 109 cm³/mol. The summed E-state index contributed by atoms with van der Waals surface area (Å²) < 4.78 is -1.82. The third-order valence-electron chi connectivity index (χ3n) is 3.31. The zero-order chi connectivity index (χ0) is 19.7. The first-order valence-corrected chi connectivity index (χ1v) is 9.44. The third-order valence-corrected chi connectivity index (χ3v) is 4.18. The lowest BCUT2D eigenvalue weighted by atomic mass is 10.2. The molecule has 0 saturated carbocycles. The van der Waals surface area contributed by atoms with E-state index in [0.717, 1.165) is 19.3 Å². The lowest BCUT2D eigenvalue weighted by molar-refractivity contribution is -0.122. The van der Waals surface area contributed by atoms with Crippen molar-refractivity contribution in [2.45, 2.75) is 42.6 Å². The molecule has 0 fully saturated rings. The highest BCUT2D eigenvalue weighted by molar-refractivity contribution is 7.80. The van der Waals surface area contributed by atoms with Gasteiger partial charge in [-0.1, -0.05) is 54.6 Å². The second kappa shape index (κ2) is 10.8. The van der Waals surface area contributed by atoms with Gasteiger partial charge in [-0.2, -0.15) is 0 Å². The molecule has 6 nitrogen and oxygen atoms in total. The van der Waals surface area contributed by atoms with Gasteiger partial charge in [-0.3, -0.25) is 4.79 Å². The molecule has 1 atom stereocenters. The number of hydrogen-bond donors (Lipinski definition) is 4. The van der Waals surface area contributed by atoms with E-state index in [-0.39, 0.29) is 16.6 Å². The first-order chi connectivity index (χ1) is 12.1. The van der Waals surface area contributed by atoms with Crippen LogP contribution in [0.15, 0.2) is 24.3 Å². The minimum absolute atomic E-state index is 0.109. The number of carbonyl (C=O) groups is 2. The Bertz CT molecular complexity index is 636. The van der Waals surface area contributed by atoms with E-state index in [1.807, 2.05) is 6.92 Å². The van der Waals surface area contributed by atoms with Crippen LogP contribution in [0.25, 0.3) is 0 Å². The summed E-state index contributed by atoms with van der Waals surface area (Å²) in [5, 5.41) is 17.2. The second-order valence-corrected chi connectivity index (χ2v) is 8.26. The highest BCUT2D eigenvalue weighted by Crippen LogP contribution is 2.29. The number of carboxylic acids is 1. The van der Waals surface area contributed by atoms with E-state index in [2.05, 4.69) is 16.0 Å². The van der Waals surface area contributed by atoms with Crippen molar-refractivity contribution in [1.82, 2.24) is 10.6 Å². The normalized spacial score (nSPS) is 12.2. The molecule has 0 spiro atoms. The fourth-order valence-corrected chi connectivity index (χ4v) is 2.53. The number of anilines is 1. The maximum Gasteiger partial charge on any atom is 0.335 e. The Hall–Kier alpha value is -1.28. The molecule has 0 aliphatic heterocycles. The van der Waals surface area contributed by atoms with Crippen molar-refractivity contribution in [3.8, 4) is 0 Å². The van der Waals surface area contributed by atoms with Crippen molar-refractivity contribution in [1.29, 1.82) is 0 Å². The van der Waals surface area contributed by atoms with Crippen LogP contribution in [0.2, 0.25) is 0 Å². The Morgan fingerprint density at radius 2 is 1.77 bits per heavy atom. The fourth-order valence-electron chi connectivity index (χ4n) is 1.96. The summed E-state index contributed by atoms with van der Waals surface area (Å²) in [6, 6.07) is 5.95. The van der Waals surface area contributed by atoms with Crippen LogP contribution < -0.4 is 16.0 Å². The topological polar surface area (TPSA) is 90.5 Å². The summed E-state index contributed by atoms with van der Waals surface area (Å²) in [5.74, 6) is -1.28. The second-order valence-electron chi connectivity index (χ2n) is 5.48. The van der Waals surface area contributed by atoms with Gasteiger partial charge in [-0.15, -0.1) is 0 Å². The number of alkyl halides is 3. The first-order valence-electron chi connectivity index (χ1n) is 7.90. The van der Waals surface area contributed by atoms with E-state index in [0.29, 0.717) is 12.1 Å². The fraction of sp³-hybridized carbons (Fsp3) is 0.438. The average molecular weight is 441 g/mol. The quantitative estimate of drug-likeness (QED) is 0.211. The number of aromatic carboxylic acids is 1. The lowest BCUT2D eigenvalue weighted by Crippen LogP contribution is -2.56. The molecule has 1 rings (SSSR count). The Labute approximate surface area is 172 Å². The van der Waals surface area contributed by atoms with Crippen LogP contribution in [0.3, 0.4) is 0 Å². The highest BCUT2D eigenvalue weighted by atomic mass is 35.6. The molecule has 10 heteroatoms. The van der Waals surface area contributed by atoms with E-state index in [1.54, 1.807) is 12.1 Å². The molecule has 1 aromatic rings. The van der Waals surface area contributed by atoms with E-state index in [4.69, 9.17) is 52.1 Å². The van der Waals surface area contributed by atoms with Crippen LogP contribution in [-0.2, 0) is 4.79 Å². The number of carbonyl (C=O) groups excluding carboxylic acids is 1. The van der Waals surface area contributed by atoms with Gasteiger partial charge >= 0.3 is 5.97 Å². The van der Waals surface area contributed by atoms with Gasteiger partial charge in [0, 0.05) is 12.1 Å². The molecule has 0 heterocycles. The molecular formula is C16H20Cl3N3O3S. The smallest absolute Gasteiger partial charge is 0.335 e. The van der Waals surface area contributed by atoms with Gasteiger partial charge in [0.05, 0.1) is 5.56 Å². The third kappa shape index (κ3) is 8.40. The standard InChI is InChI=1S/C16H20Cl3N3O3S/c1-2-3-4-5-12(23)21-14(16(17,18)19)22-15(26)20-11-8-6-10(7-9-11)13(24)25/h6-9,14H,2-5H2,1H3,(H,21,23)(H,24,25)(H2,20,22,26)/t14-/m0/s1. The molecule has 1 amide bonds. The molecule has 0 aliphatic rings. The monoisotopic (exact) mass is 439 g/mol. The number of hydrogen-bond acceptors (Lipinski definition) is 3. The van der Waals surface area contributed by atoms with Gasteiger partial charge in [0.25, 0.3) is 0 Å². The lowest BCUT2D eigenvalue weighted by Gasteiger charge is -2.27. The minimum atomic E-state index is -1.82. The predicted octanol–water partition coefficient (Wildman–Crippen LogP) is 4.06. The van der Waals surface area contributed by atoms with Crippen LogP contribution in [-0.4, -0.2) is 32.1 Å². The zero-order valence-electron chi connectivity index (χ0n) is 14.0. The zero-order valence-corrected chi connectivity index (χ0v) is 17.1. The summed E-state index contributed by atoms with van der Waals surface area (Å²) in [5.41, 5.74) is 0.692.